The number of hydrogen-bond acceptors (Lipinski definition) is 3. The summed E-state index contributed by atoms with van der Waals surface area (Å²) in [4.78, 5) is 0. The Bertz CT molecular complexity index is 396. The van der Waals surface area contributed by atoms with E-state index in [-0.39, 0.29) is 0 Å². The summed E-state index contributed by atoms with van der Waals surface area (Å²) in [5.74, 6) is 1.36. The number of nitrogen functional groups attached to an aromatic ring is 1. The van der Waals surface area contributed by atoms with Crippen molar-refractivity contribution >= 4 is 11.4 Å². The lowest BCUT2D eigenvalue weighted by Crippen LogP contribution is -2.24. The van der Waals surface area contributed by atoms with E-state index >= 15 is 0 Å². The van der Waals surface area contributed by atoms with Gasteiger partial charge in [-0.15, -0.1) is 0 Å². The largest absolute Gasteiger partial charge is 0.491 e. The summed E-state index contributed by atoms with van der Waals surface area (Å²) in [6.45, 7) is 12.8. The predicted molar refractivity (Wildman–Crippen MR) is 83.7 cm³/mol. The average Bonchev–Trinajstić information content (AvgIpc) is 2.34. The molecule has 1 rings (SSSR count). The van der Waals surface area contributed by atoms with Gasteiger partial charge in [-0.05, 0) is 29.9 Å². The lowest BCUT2D eigenvalue weighted by Gasteiger charge is -2.27. The van der Waals surface area contributed by atoms with Gasteiger partial charge in [-0.2, -0.15) is 0 Å². The fourth-order valence-corrected chi connectivity index (χ4v) is 1.56. The molecule has 19 heavy (non-hydrogen) atoms. The lowest BCUT2D eigenvalue weighted by atomic mass is 9.82. The van der Waals surface area contributed by atoms with Crippen LogP contribution < -0.4 is 15.8 Å². The number of benzene rings is 1. The standard InChI is InChI=1S/C16H28N2O/c1-6-9-19-15-10-13(7-8-14(15)17)18-11-12(2)16(3,4)5/h7-8,10,12,18H,6,9,11,17H2,1-5H3. The highest BCUT2D eigenvalue weighted by molar-refractivity contribution is 5.61. The Kier molecular flexibility index (Phi) is 5.52. The van der Waals surface area contributed by atoms with Crippen LogP contribution in [-0.4, -0.2) is 13.2 Å². The third-order valence-corrected chi connectivity index (χ3v) is 3.57. The molecule has 0 spiro atoms. The van der Waals surface area contributed by atoms with E-state index in [1.165, 1.54) is 0 Å². The Hall–Kier alpha value is -1.38. The molecule has 108 valence electrons. The van der Waals surface area contributed by atoms with E-state index in [1.54, 1.807) is 0 Å². The van der Waals surface area contributed by atoms with E-state index < -0.39 is 0 Å². The van der Waals surface area contributed by atoms with Crippen LogP contribution in [0.3, 0.4) is 0 Å². The first-order valence-electron chi connectivity index (χ1n) is 7.10. The molecule has 0 bridgehead atoms. The molecule has 0 aliphatic heterocycles. The number of ether oxygens (including phenoxy) is 1. The van der Waals surface area contributed by atoms with Crippen molar-refractivity contribution in [1.29, 1.82) is 0 Å². The molecule has 0 heterocycles. The Balaban J connectivity index is 2.64. The fourth-order valence-electron chi connectivity index (χ4n) is 1.56. The monoisotopic (exact) mass is 264 g/mol. The highest BCUT2D eigenvalue weighted by Gasteiger charge is 2.19. The Morgan fingerprint density at radius 2 is 2.00 bits per heavy atom. The molecule has 0 saturated heterocycles. The minimum atomic E-state index is 0.308. The zero-order valence-electron chi connectivity index (χ0n) is 12.9. The van der Waals surface area contributed by atoms with Crippen molar-refractivity contribution in [3.8, 4) is 5.75 Å². The third kappa shape index (κ3) is 5.01. The number of nitrogens with two attached hydrogens (primary N) is 1. The minimum absolute atomic E-state index is 0.308. The van der Waals surface area contributed by atoms with Crippen molar-refractivity contribution in [2.24, 2.45) is 11.3 Å². The molecule has 1 unspecified atom stereocenters. The summed E-state index contributed by atoms with van der Waals surface area (Å²) in [6, 6.07) is 5.89. The SMILES string of the molecule is CCCOc1cc(NCC(C)C(C)(C)C)ccc1N. The maximum Gasteiger partial charge on any atom is 0.144 e. The molecule has 3 nitrogen and oxygen atoms in total. The zero-order chi connectivity index (χ0) is 14.5. The molecule has 1 aromatic carbocycles. The molecule has 0 amide bonds. The molecule has 0 fully saturated rings. The Morgan fingerprint density at radius 3 is 2.58 bits per heavy atom. The van der Waals surface area contributed by atoms with Crippen LogP contribution in [0.2, 0.25) is 0 Å². The molecule has 0 radical (unpaired) electrons. The summed E-state index contributed by atoms with van der Waals surface area (Å²) < 4.78 is 5.64. The van der Waals surface area contributed by atoms with Crippen LogP contribution in [0.5, 0.6) is 5.75 Å². The first-order chi connectivity index (χ1) is 8.84. The van der Waals surface area contributed by atoms with Gasteiger partial charge in [0, 0.05) is 18.3 Å². The zero-order valence-corrected chi connectivity index (χ0v) is 12.9. The maximum atomic E-state index is 5.90. The second kappa shape index (κ2) is 6.69. The van der Waals surface area contributed by atoms with Gasteiger partial charge in [-0.3, -0.25) is 0 Å². The van der Waals surface area contributed by atoms with Crippen molar-refractivity contribution < 1.29 is 4.74 Å². The van der Waals surface area contributed by atoms with E-state index in [2.05, 4.69) is 39.9 Å². The van der Waals surface area contributed by atoms with Gasteiger partial charge in [-0.25, -0.2) is 0 Å². The highest BCUT2D eigenvalue weighted by atomic mass is 16.5. The van der Waals surface area contributed by atoms with Gasteiger partial charge in [-0.1, -0.05) is 34.6 Å². The number of rotatable bonds is 6. The number of nitrogens with one attached hydrogen (secondary N) is 1. The van der Waals surface area contributed by atoms with Gasteiger partial charge in [0.25, 0.3) is 0 Å². The maximum absolute atomic E-state index is 5.90. The number of anilines is 2. The van der Waals surface area contributed by atoms with E-state index in [1.807, 2.05) is 18.2 Å². The summed E-state index contributed by atoms with van der Waals surface area (Å²) >= 11 is 0. The quantitative estimate of drug-likeness (QED) is 0.759. The molecular weight excluding hydrogens is 236 g/mol. The molecule has 0 aliphatic rings. The topological polar surface area (TPSA) is 47.3 Å². The molecule has 0 aliphatic carbocycles. The average molecular weight is 264 g/mol. The summed E-state index contributed by atoms with van der Waals surface area (Å²) in [6.07, 6.45) is 0.984. The summed E-state index contributed by atoms with van der Waals surface area (Å²) in [7, 11) is 0. The molecule has 0 saturated carbocycles. The van der Waals surface area contributed by atoms with Gasteiger partial charge in [0.1, 0.15) is 5.75 Å². The van der Waals surface area contributed by atoms with Gasteiger partial charge in [0.05, 0.1) is 12.3 Å². The van der Waals surface area contributed by atoms with E-state index in [9.17, 15) is 0 Å². The van der Waals surface area contributed by atoms with Gasteiger partial charge >= 0.3 is 0 Å². The van der Waals surface area contributed by atoms with Gasteiger partial charge in [0.2, 0.25) is 0 Å². The van der Waals surface area contributed by atoms with Crippen LogP contribution in [0, 0.1) is 11.3 Å². The van der Waals surface area contributed by atoms with Crippen molar-refractivity contribution in [3.63, 3.8) is 0 Å². The van der Waals surface area contributed by atoms with Crippen LogP contribution in [0.15, 0.2) is 18.2 Å². The van der Waals surface area contributed by atoms with Crippen molar-refractivity contribution in [2.45, 2.75) is 41.0 Å². The second-order valence-corrected chi connectivity index (χ2v) is 6.25. The molecule has 3 N–H and O–H groups in total. The van der Waals surface area contributed by atoms with Crippen molar-refractivity contribution in [3.05, 3.63) is 18.2 Å². The van der Waals surface area contributed by atoms with Crippen LogP contribution >= 0.6 is 0 Å². The van der Waals surface area contributed by atoms with Crippen LogP contribution in [0.25, 0.3) is 0 Å². The van der Waals surface area contributed by atoms with Crippen LogP contribution in [0.4, 0.5) is 11.4 Å². The summed E-state index contributed by atoms with van der Waals surface area (Å²) in [5.41, 5.74) is 7.97. The molecule has 0 aromatic heterocycles. The molecule has 1 aromatic rings. The van der Waals surface area contributed by atoms with Gasteiger partial charge < -0.3 is 15.8 Å². The van der Waals surface area contributed by atoms with Crippen LogP contribution in [-0.2, 0) is 0 Å². The lowest BCUT2D eigenvalue weighted by molar-refractivity contribution is 0.274. The highest BCUT2D eigenvalue weighted by Crippen LogP contribution is 2.28. The third-order valence-electron chi connectivity index (χ3n) is 3.57. The Morgan fingerprint density at radius 1 is 1.32 bits per heavy atom. The van der Waals surface area contributed by atoms with E-state index in [0.717, 1.165) is 24.4 Å². The van der Waals surface area contributed by atoms with E-state index in [0.29, 0.717) is 23.6 Å². The predicted octanol–water partition coefficient (Wildman–Crippen LogP) is 4.15. The first kappa shape index (κ1) is 15.7. The normalized spacial score (nSPS) is 13.1. The summed E-state index contributed by atoms with van der Waals surface area (Å²) in [5, 5.41) is 3.46. The number of hydrogen-bond donors (Lipinski definition) is 2. The fraction of sp³-hybridized carbons (Fsp3) is 0.625. The van der Waals surface area contributed by atoms with E-state index in [4.69, 9.17) is 10.5 Å². The minimum Gasteiger partial charge on any atom is -0.491 e. The smallest absolute Gasteiger partial charge is 0.144 e. The van der Waals surface area contributed by atoms with Crippen LogP contribution in [0.1, 0.15) is 41.0 Å². The second-order valence-electron chi connectivity index (χ2n) is 6.25. The first-order valence-corrected chi connectivity index (χ1v) is 7.10. The molecular formula is C16H28N2O. The van der Waals surface area contributed by atoms with Crippen molar-refractivity contribution in [1.82, 2.24) is 0 Å². The Labute approximate surface area is 117 Å². The van der Waals surface area contributed by atoms with Crippen molar-refractivity contribution in [2.75, 3.05) is 24.2 Å². The molecule has 1 atom stereocenters. The van der Waals surface area contributed by atoms with Gasteiger partial charge in [0.15, 0.2) is 0 Å². The molecule has 3 heteroatoms.